The van der Waals surface area contributed by atoms with Crippen LogP contribution in [0, 0.1) is 47.6 Å². The van der Waals surface area contributed by atoms with Crippen molar-refractivity contribution in [2.24, 2.45) is 23.7 Å². The van der Waals surface area contributed by atoms with Crippen molar-refractivity contribution in [3.63, 3.8) is 0 Å². The fourth-order valence-electron chi connectivity index (χ4n) is 8.17. The average molecular weight is 521 g/mol. The lowest BCUT2D eigenvalue weighted by Gasteiger charge is -2.53. The number of ether oxygens (including phenoxy) is 1. The van der Waals surface area contributed by atoms with Crippen LogP contribution in [0.3, 0.4) is 0 Å². The highest BCUT2D eigenvalue weighted by molar-refractivity contribution is 6.01. The first-order valence-corrected chi connectivity index (χ1v) is 14.0. The molecule has 0 aromatic heterocycles. The van der Waals surface area contributed by atoms with Gasteiger partial charge in [0.1, 0.15) is 12.3 Å². The summed E-state index contributed by atoms with van der Waals surface area (Å²) in [5.41, 5.74) is 8.65. The molecule has 8 rings (SSSR count). The predicted molar refractivity (Wildman–Crippen MR) is 151 cm³/mol. The van der Waals surface area contributed by atoms with Crippen LogP contribution < -0.4 is 9.64 Å². The molecule has 0 unspecified atom stereocenters. The van der Waals surface area contributed by atoms with Crippen molar-refractivity contribution in [3.8, 4) is 5.75 Å². The third kappa shape index (κ3) is 3.96. The van der Waals surface area contributed by atoms with Crippen LogP contribution in [0.5, 0.6) is 5.75 Å². The fraction of sp³-hybridized carbons (Fsp3) is 0.364. The number of esters is 1. The van der Waals surface area contributed by atoms with Gasteiger partial charge in [0.15, 0.2) is 0 Å². The molecular weight excluding hydrogens is 488 g/mol. The summed E-state index contributed by atoms with van der Waals surface area (Å²) in [6.45, 7) is 3.51. The Labute approximate surface area is 228 Å². The molecule has 4 fully saturated rings. The number of nitro groups is 1. The van der Waals surface area contributed by atoms with Crippen LogP contribution in [-0.2, 0) is 4.79 Å². The number of para-hydroxylation sites is 2. The third-order valence-corrected chi connectivity index (χ3v) is 9.39. The van der Waals surface area contributed by atoms with Crippen LogP contribution in [-0.4, -0.2) is 17.4 Å². The number of benzene rings is 3. The van der Waals surface area contributed by atoms with Crippen LogP contribution >= 0.6 is 0 Å². The molecule has 3 aromatic rings. The molecule has 0 amide bonds. The summed E-state index contributed by atoms with van der Waals surface area (Å²) in [5.74, 6) is 3.11. The molecule has 3 aromatic carbocycles. The second-order valence-electron chi connectivity index (χ2n) is 11.9. The van der Waals surface area contributed by atoms with Crippen LogP contribution in [0.25, 0.3) is 5.57 Å². The number of nitro benzene ring substituents is 1. The fourth-order valence-corrected chi connectivity index (χ4v) is 8.17. The molecule has 6 heteroatoms. The zero-order valence-electron chi connectivity index (χ0n) is 22.4. The number of fused-ring (bicyclic) bond motifs is 2. The number of hydrogen-bond acceptors (Lipinski definition) is 5. The zero-order valence-corrected chi connectivity index (χ0v) is 22.4. The Kier molecular flexibility index (Phi) is 5.62. The van der Waals surface area contributed by atoms with E-state index in [1.54, 1.807) is 19.4 Å². The van der Waals surface area contributed by atoms with E-state index in [1.807, 2.05) is 12.1 Å². The summed E-state index contributed by atoms with van der Waals surface area (Å²) in [6.07, 6.45) is 6.70. The van der Waals surface area contributed by atoms with E-state index in [9.17, 15) is 14.9 Å². The zero-order chi connectivity index (χ0) is 26.8. The lowest BCUT2D eigenvalue weighted by molar-refractivity contribution is -0.385. The number of carbonyl (C=O) groups excluding carboxylic acids is 1. The van der Waals surface area contributed by atoms with Gasteiger partial charge in [-0.15, -0.1) is 0 Å². The largest absolute Gasteiger partial charge is 0.425 e. The SMILES string of the molecule is Cc1cc([N+](=O)[O-])cc(C)c1OC(=O)CN1c2ccccc2C(=C2C3CC4CC(C3)CC2C4)c2ccccc21. The van der Waals surface area contributed by atoms with E-state index in [1.165, 1.54) is 60.9 Å². The Morgan fingerprint density at radius 1 is 0.872 bits per heavy atom. The minimum atomic E-state index is -0.428. The van der Waals surface area contributed by atoms with Crippen molar-refractivity contribution in [1.82, 2.24) is 0 Å². The number of rotatable bonds is 4. The summed E-state index contributed by atoms with van der Waals surface area (Å²) >= 11 is 0. The first kappa shape index (κ1) is 24.1. The number of anilines is 2. The maximum atomic E-state index is 13.4. The summed E-state index contributed by atoms with van der Waals surface area (Å²) < 4.78 is 5.85. The van der Waals surface area contributed by atoms with Gasteiger partial charge in [0.25, 0.3) is 5.69 Å². The monoisotopic (exact) mass is 520 g/mol. The average Bonchev–Trinajstić information content (AvgIpc) is 2.91. The molecule has 6 nitrogen and oxygen atoms in total. The molecular formula is C33H32N2O4. The standard InChI is InChI=1S/C33H32N2O4/c1-19-11-25(35(37)38)12-20(2)33(19)39-30(36)18-34-28-9-5-3-7-26(28)32(27-8-4-6-10-29(27)34)31-23-14-21-13-22(16-23)17-24(31)15-21/h3-12,21-24H,13-18H2,1-2H3. The second-order valence-corrected chi connectivity index (χ2v) is 11.9. The van der Waals surface area contributed by atoms with E-state index in [4.69, 9.17) is 4.74 Å². The Bertz CT molecular complexity index is 1450. The van der Waals surface area contributed by atoms with Crippen molar-refractivity contribution in [3.05, 3.63) is 98.6 Å². The van der Waals surface area contributed by atoms with Crippen molar-refractivity contribution < 1.29 is 14.5 Å². The van der Waals surface area contributed by atoms with Gasteiger partial charge in [-0.1, -0.05) is 42.0 Å². The molecule has 4 aliphatic carbocycles. The summed E-state index contributed by atoms with van der Waals surface area (Å²) in [7, 11) is 0. The van der Waals surface area contributed by atoms with E-state index in [0.717, 1.165) is 23.2 Å². The highest BCUT2D eigenvalue weighted by atomic mass is 16.6. The predicted octanol–water partition coefficient (Wildman–Crippen LogP) is 7.53. The van der Waals surface area contributed by atoms with Crippen LogP contribution in [0.2, 0.25) is 0 Å². The normalized spacial score (nSPS) is 24.4. The van der Waals surface area contributed by atoms with Gasteiger partial charge in [0.2, 0.25) is 0 Å². The molecule has 1 heterocycles. The van der Waals surface area contributed by atoms with Crippen LogP contribution in [0.15, 0.2) is 66.2 Å². The van der Waals surface area contributed by atoms with E-state index in [2.05, 4.69) is 41.3 Å². The first-order chi connectivity index (χ1) is 18.9. The van der Waals surface area contributed by atoms with E-state index in [-0.39, 0.29) is 12.2 Å². The molecule has 5 aliphatic rings. The van der Waals surface area contributed by atoms with Gasteiger partial charge in [0, 0.05) is 34.6 Å². The Morgan fingerprint density at radius 2 is 1.38 bits per heavy atom. The smallest absolute Gasteiger partial charge is 0.331 e. The Morgan fingerprint density at radius 3 is 1.90 bits per heavy atom. The minimum Gasteiger partial charge on any atom is -0.425 e. The van der Waals surface area contributed by atoms with E-state index in [0.29, 0.717) is 28.7 Å². The molecule has 0 N–H and O–H groups in total. The van der Waals surface area contributed by atoms with E-state index < -0.39 is 10.9 Å². The number of aryl methyl sites for hydroxylation is 2. The molecule has 0 atom stereocenters. The number of allylic oxidation sites excluding steroid dienone is 1. The number of hydrogen-bond donors (Lipinski definition) is 0. The number of nitrogens with zero attached hydrogens (tertiary/aromatic N) is 2. The molecule has 198 valence electrons. The van der Waals surface area contributed by atoms with Gasteiger partial charge >= 0.3 is 5.97 Å². The lowest BCUT2D eigenvalue weighted by Crippen LogP contribution is -2.41. The van der Waals surface area contributed by atoms with Crippen LogP contribution in [0.4, 0.5) is 17.1 Å². The van der Waals surface area contributed by atoms with Gasteiger partial charge in [-0.2, -0.15) is 0 Å². The molecule has 0 radical (unpaired) electrons. The van der Waals surface area contributed by atoms with Crippen molar-refractivity contribution in [1.29, 1.82) is 0 Å². The first-order valence-electron chi connectivity index (χ1n) is 14.0. The molecule has 0 spiro atoms. The van der Waals surface area contributed by atoms with E-state index >= 15 is 0 Å². The van der Waals surface area contributed by atoms with Gasteiger partial charge < -0.3 is 9.64 Å². The molecule has 4 bridgehead atoms. The van der Waals surface area contributed by atoms with Gasteiger partial charge in [-0.25, -0.2) is 4.79 Å². The van der Waals surface area contributed by atoms with Crippen molar-refractivity contribution >= 4 is 28.6 Å². The lowest BCUT2D eigenvalue weighted by atomic mass is 9.53. The molecule has 1 aliphatic heterocycles. The van der Waals surface area contributed by atoms with Gasteiger partial charge in [-0.3, -0.25) is 10.1 Å². The summed E-state index contributed by atoms with van der Waals surface area (Å²) in [6, 6.07) is 19.8. The number of carbonyl (C=O) groups is 1. The van der Waals surface area contributed by atoms with Gasteiger partial charge in [-0.05, 0) is 98.5 Å². The minimum absolute atomic E-state index is 0.00552. The Balaban J connectivity index is 1.27. The highest BCUT2D eigenvalue weighted by Crippen LogP contribution is 2.60. The molecule has 4 saturated carbocycles. The van der Waals surface area contributed by atoms with Crippen molar-refractivity contribution in [2.45, 2.75) is 46.0 Å². The van der Waals surface area contributed by atoms with Crippen molar-refractivity contribution in [2.75, 3.05) is 11.4 Å². The summed E-state index contributed by atoms with van der Waals surface area (Å²) in [5, 5.41) is 11.2. The van der Waals surface area contributed by atoms with Crippen LogP contribution in [0.1, 0.15) is 54.4 Å². The summed E-state index contributed by atoms with van der Waals surface area (Å²) in [4.78, 5) is 26.3. The number of non-ortho nitro benzene ring substituents is 1. The third-order valence-electron chi connectivity index (χ3n) is 9.39. The topological polar surface area (TPSA) is 72.7 Å². The molecule has 39 heavy (non-hydrogen) atoms. The highest BCUT2D eigenvalue weighted by Gasteiger charge is 2.47. The molecule has 0 saturated heterocycles. The maximum absolute atomic E-state index is 13.4. The maximum Gasteiger partial charge on any atom is 0.331 e. The van der Waals surface area contributed by atoms with Gasteiger partial charge in [0.05, 0.1) is 4.92 Å². The quantitative estimate of drug-likeness (QED) is 0.154. The Hall–Kier alpha value is -3.93. The second kappa shape index (κ2) is 9.08.